The molecule has 0 unspecified atom stereocenters. The van der Waals surface area contributed by atoms with Crippen LogP contribution in [-0.4, -0.2) is 30.0 Å². The Morgan fingerprint density at radius 3 is 2.43 bits per heavy atom. The van der Waals surface area contributed by atoms with Crippen molar-refractivity contribution in [3.8, 4) is 0 Å². The monoisotopic (exact) mass is 234 g/mol. The first-order valence-corrected chi connectivity index (χ1v) is 6.32. The lowest BCUT2D eigenvalue weighted by atomic mass is 10.4. The van der Waals surface area contributed by atoms with Gasteiger partial charge in [0.1, 0.15) is 0 Å². The largest absolute Gasteiger partial charge is 0.247 e. The molecule has 1 rings (SSSR count). The van der Waals surface area contributed by atoms with Gasteiger partial charge in [-0.25, -0.2) is 18.4 Å². The molecule has 0 spiro atoms. The fourth-order valence-corrected chi connectivity index (χ4v) is 2.30. The molecule has 0 bridgehead atoms. The molecule has 0 fully saturated rings. The van der Waals surface area contributed by atoms with Crippen molar-refractivity contribution >= 4 is 21.4 Å². The van der Waals surface area contributed by atoms with Gasteiger partial charge in [-0.15, -0.1) is 11.6 Å². The van der Waals surface area contributed by atoms with E-state index in [9.17, 15) is 8.42 Å². The Labute approximate surface area is 88.3 Å². The molecule has 78 valence electrons. The first kappa shape index (κ1) is 11.4. The van der Waals surface area contributed by atoms with Gasteiger partial charge in [0, 0.05) is 18.3 Å². The molecular weight excluding hydrogens is 224 g/mol. The molecule has 0 aromatic carbocycles. The molecule has 0 aliphatic carbocycles. The zero-order valence-corrected chi connectivity index (χ0v) is 9.35. The highest BCUT2D eigenvalue weighted by Gasteiger charge is 2.16. The summed E-state index contributed by atoms with van der Waals surface area (Å²) in [5, 5.41) is -0.117. The molecular formula is C8H11ClN2O2S. The van der Waals surface area contributed by atoms with Crippen molar-refractivity contribution < 1.29 is 8.42 Å². The Morgan fingerprint density at radius 1 is 1.36 bits per heavy atom. The molecule has 1 heterocycles. The molecule has 0 radical (unpaired) electrons. The second kappa shape index (κ2) is 4.70. The van der Waals surface area contributed by atoms with E-state index in [2.05, 4.69) is 9.97 Å². The maximum atomic E-state index is 11.5. The highest BCUT2D eigenvalue weighted by Crippen LogP contribution is 2.06. The zero-order chi connectivity index (χ0) is 10.6. The van der Waals surface area contributed by atoms with Gasteiger partial charge in [-0.3, -0.25) is 0 Å². The van der Waals surface area contributed by atoms with Crippen LogP contribution in [0.1, 0.15) is 12.0 Å². The molecule has 0 N–H and O–H groups in total. The van der Waals surface area contributed by atoms with Gasteiger partial charge in [0.15, 0.2) is 0 Å². The molecule has 0 aliphatic heterocycles. The first-order chi connectivity index (χ1) is 6.56. The van der Waals surface area contributed by atoms with Crippen LogP contribution >= 0.6 is 11.6 Å². The Kier molecular flexibility index (Phi) is 3.83. The Bertz CT molecular complexity index is 388. The van der Waals surface area contributed by atoms with E-state index in [1.807, 2.05) is 0 Å². The predicted octanol–water partition coefficient (Wildman–Crippen LogP) is 1.19. The quantitative estimate of drug-likeness (QED) is 0.580. The third kappa shape index (κ3) is 2.92. The van der Waals surface area contributed by atoms with Gasteiger partial charge in [0.05, 0.1) is 5.75 Å². The third-order valence-electron chi connectivity index (χ3n) is 1.58. The average Bonchev–Trinajstić information content (AvgIpc) is 2.16. The smallest absolute Gasteiger partial charge is 0.227 e. The van der Waals surface area contributed by atoms with Crippen molar-refractivity contribution in [3.05, 3.63) is 18.0 Å². The van der Waals surface area contributed by atoms with Crippen LogP contribution in [0.5, 0.6) is 0 Å². The molecule has 1 aromatic rings. The maximum Gasteiger partial charge on any atom is 0.247 e. The van der Waals surface area contributed by atoms with Crippen molar-refractivity contribution in [2.45, 2.75) is 18.5 Å². The fraction of sp³-hybridized carbons (Fsp3) is 0.500. The highest BCUT2D eigenvalue weighted by atomic mass is 35.5. The average molecular weight is 235 g/mol. The van der Waals surface area contributed by atoms with Crippen LogP contribution in [0.4, 0.5) is 0 Å². The molecule has 1 aromatic heterocycles. The maximum absolute atomic E-state index is 11.5. The van der Waals surface area contributed by atoms with Gasteiger partial charge in [-0.1, -0.05) is 0 Å². The number of halogens is 1. The standard InChI is InChI=1S/C8H11ClN2O2S/c1-7-5-10-8(11-6-7)14(12,13)4-2-3-9/h5-6H,2-4H2,1H3. The summed E-state index contributed by atoms with van der Waals surface area (Å²) in [5.41, 5.74) is 0.835. The van der Waals surface area contributed by atoms with Crippen LogP contribution in [0.25, 0.3) is 0 Å². The lowest BCUT2D eigenvalue weighted by Crippen LogP contribution is -2.11. The van der Waals surface area contributed by atoms with Crippen LogP contribution in [-0.2, 0) is 9.84 Å². The lowest BCUT2D eigenvalue weighted by Gasteiger charge is -2.00. The molecule has 4 nitrogen and oxygen atoms in total. The van der Waals surface area contributed by atoms with Gasteiger partial charge in [0.25, 0.3) is 0 Å². The number of hydrogen-bond donors (Lipinski definition) is 0. The summed E-state index contributed by atoms with van der Waals surface area (Å²) in [4.78, 5) is 7.52. The molecule has 0 aliphatic rings. The number of sulfone groups is 1. The van der Waals surface area contributed by atoms with Crippen molar-refractivity contribution in [2.24, 2.45) is 0 Å². The SMILES string of the molecule is Cc1cnc(S(=O)(=O)CCCCl)nc1. The summed E-state index contributed by atoms with van der Waals surface area (Å²) in [6, 6.07) is 0. The van der Waals surface area contributed by atoms with Gasteiger partial charge < -0.3 is 0 Å². The van der Waals surface area contributed by atoms with E-state index in [4.69, 9.17) is 11.6 Å². The Hall–Kier alpha value is -0.680. The number of hydrogen-bond acceptors (Lipinski definition) is 4. The summed E-state index contributed by atoms with van der Waals surface area (Å²) in [5.74, 6) is 0.324. The molecule has 0 atom stereocenters. The van der Waals surface area contributed by atoms with Gasteiger partial charge in [0.2, 0.25) is 15.0 Å². The van der Waals surface area contributed by atoms with Crippen molar-refractivity contribution in [1.82, 2.24) is 9.97 Å². The van der Waals surface area contributed by atoms with Crippen LogP contribution in [0.2, 0.25) is 0 Å². The minimum Gasteiger partial charge on any atom is -0.227 e. The summed E-state index contributed by atoms with van der Waals surface area (Å²) in [7, 11) is -3.35. The number of alkyl halides is 1. The number of rotatable bonds is 4. The first-order valence-electron chi connectivity index (χ1n) is 4.13. The number of aromatic nitrogens is 2. The van der Waals surface area contributed by atoms with E-state index in [1.165, 1.54) is 12.4 Å². The normalized spacial score (nSPS) is 11.6. The van der Waals surface area contributed by atoms with Crippen LogP contribution in [0.3, 0.4) is 0 Å². The Morgan fingerprint density at radius 2 is 1.93 bits per heavy atom. The van der Waals surface area contributed by atoms with E-state index in [1.54, 1.807) is 6.92 Å². The third-order valence-corrected chi connectivity index (χ3v) is 3.44. The van der Waals surface area contributed by atoms with E-state index in [0.717, 1.165) is 5.56 Å². The number of nitrogens with zero attached hydrogens (tertiary/aromatic N) is 2. The topological polar surface area (TPSA) is 59.9 Å². The summed E-state index contributed by atoms with van der Waals surface area (Å²) in [6.07, 6.45) is 3.39. The second-order valence-electron chi connectivity index (χ2n) is 2.90. The molecule has 14 heavy (non-hydrogen) atoms. The molecule has 0 amide bonds. The molecule has 0 saturated carbocycles. The Balaban J connectivity index is 2.87. The van der Waals surface area contributed by atoms with E-state index < -0.39 is 9.84 Å². The van der Waals surface area contributed by atoms with Gasteiger partial charge in [-0.2, -0.15) is 0 Å². The fourth-order valence-electron chi connectivity index (χ4n) is 0.877. The predicted molar refractivity (Wildman–Crippen MR) is 54.2 cm³/mol. The second-order valence-corrected chi connectivity index (χ2v) is 5.29. The van der Waals surface area contributed by atoms with E-state index in [-0.39, 0.29) is 10.9 Å². The van der Waals surface area contributed by atoms with Gasteiger partial charge in [-0.05, 0) is 18.9 Å². The van der Waals surface area contributed by atoms with Crippen LogP contribution in [0, 0.1) is 6.92 Å². The highest BCUT2D eigenvalue weighted by molar-refractivity contribution is 7.91. The van der Waals surface area contributed by atoms with E-state index >= 15 is 0 Å². The minimum absolute atomic E-state index is 0.000436. The molecule has 6 heteroatoms. The van der Waals surface area contributed by atoms with Gasteiger partial charge >= 0.3 is 0 Å². The lowest BCUT2D eigenvalue weighted by molar-refractivity contribution is 0.585. The summed E-state index contributed by atoms with van der Waals surface area (Å²) < 4.78 is 23.0. The van der Waals surface area contributed by atoms with E-state index in [0.29, 0.717) is 12.3 Å². The van der Waals surface area contributed by atoms with Crippen LogP contribution in [0.15, 0.2) is 17.6 Å². The van der Waals surface area contributed by atoms with Crippen LogP contribution < -0.4 is 0 Å². The van der Waals surface area contributed by atoms with Crippen molar-refractivity contribution in [3.63, 3.8) is 0 Å². The summed E-state index contributed by atoms with van der Waals surface area (Å²) >= 11 is 5.42. The van der Waals surface area contributed by atoms with Crippen molar-refractivity contribution in [1.29, 1.82) is 0 Å². The number of aryl methyl sites for hydroxylation is 1. The minimum atomic E-state index is -3.35. The van der Waals surface area contributed by atoms with Crippen molar-refractivity contribution in [2.75, 3.05) is 11.6 Å². The zero-order valence-electron chi connectivity index (χ0n) is 7.77. The molecule has 0 saturated heterocycles. The summed E-state index contributed by atoms with van der Waals surface area (Å²) in [6.45, 7) is 1.80.